The van der Waals surface area contributed by atoms with Crippen molar-refractivity contribution in [1.82, 2.24) is 15.1 Å². The first-order chi connectivity index (χ1) is 23.6. The number of carboxylic acid groups (broad SMARTS) is 1. The van der Waals surface area contributed by atoms with Crippen LogP contribution in [0.4, 0.5) is 13.2 Å². The Hall–Kier alpha value is -4.35. The van der Waals surface area contributed by atoms with Gasteiger partial charge in [-0.25, -0.2) is 8.78 Å². The lowest BCUT2D eigenvalue weighted by molar-refractivity contribution is -0.144. The first-order valence-corrected chi connectivity index (χ1v) is 16.9. The molecule has 3 aromatic rings. The molecule has 2 atom stereocenters. The van der Waals surface area contributed by atoms with Crippen molar-refractivity contribution in [3.05, 3.63) is 105 Å². The van der Waals surface area contributed by atoms with Crippen LogP contribution in [-0.2, 0) is 27.3 Å². The second-order valence-corrected chi connectivity index (χ2v) is 13.1. The highest BCUT2D eigenvalue weighted by atomic mass is 35.5. The van der Waals surface area contributed by atoms with Gasteiger partial charge in [-0.1, -0.05) is 54.1 Å². The van der Waals surface area contributed by atoms with E-state index in [1.54, 1.807) is 11.0 Å². The van der Waals surface area contributed by atoms with E-state index < -0.39 is 35.2 Å². The summed E-state index contributed by atoms with van der Waals surface area (Å²) in [4.78, 5) is 43.1. The third-order valence-corrected chi connectivity index (χ3v) is 9.69. The Labute approximate surface area is 287 Å². The molecule has 2 amide bonds. The van der Waals surface area contributed by atoms with Gasteiger partial charge in [0.1, 0.15) is 0 Å². The summed E-state index contributed by atoms with van der Waals surface area (Å²) in [6, 6.07) is 15.9. The molecule has 2 bridgehead atoms. The van der Waals surface area contributed by atoms with Crippen molar-refractivity contribution in [3.8, 4) is 5.75 Å². The maximum Gasteiger partial charge on any atom is 0.303 e. The molecule has 0 aromatic heterocycles. The Kier molecular flexibility index (Phi) is 10.6. The highest BCUT2D eigenvalue weighted by Gasteiger charge is 2.46. The second kappa shape index (κ2) is 15.0. The highest BCUT2D eigenvalue weighted by Crippen LogP contribution is 2.40. The highest BCUT2D eigenvalue weighted by molar-refractivity contribution is 6.31. The molecule has 2 aliphatic heterocycles. The number of carboxylic acids is 1. The Balaban J connectivity index is 1.27. The molecule has 2 heterocycles. The van der Waals surface area contributed by atoms with E-state index in [9.17, 15) is 32.7 Å². The van der Waals surface area contributed by atoms with Crippen LogP contribution >= 0.6 is 11.6 Å². The number of amides is 2. The fourth-order valence-electron chi connectivity index (χ4n) is 6.74. The molecular formula is C37H37ClF3N3O5. The molecule has 2 N–H and O–H groups in total. The van der Waals surface area contributed by atoms with E-state index >= 15 is 0 Å². The van der Waals surface area contributed by atoms with Crippen molar-refractivity contribution in [1.29, 1.82) is 0 Å². The van der Waals surface area contributed by atoms with Crippen LogP contribution in [-0.4, -0.2) is 70.5 Å². The second-order valence-electron chi connectivity index (χ2n) is 12.7. The number of hydrogen-bond acceptors (Lipinski definition) is 5. The van der Waals surface area contributed by atoms with Crippen LogP contribution in [0.2, 0.25) is 5.02 Å². The number of nitrogens with one attached hydrogen (secondary N) is 1. The number of fused-ring (bicyclic) bond motifs is 2. The number of carbonyl (C=O) groups excluding carboxylic acids is 2. The number of rotatable bonds is 13. The zero-order chi connectivity index (χ0) is 34.7. The monoisotopic (exact) mass is 695 g/mol. The van der Waals surface area contributed by atoms with E-state index in [1.165, 1.54) is 0 Å². The van der Waals surface area contributed by atoms with Gasteiger partial charge in [-0.3, -0.25) is 14.4 Å². The summed E-state index contributed by atoms with van der Waals surface area (Å²) in [5.74, 6) is -5.75. The minimum atomic E-state index is -1.36. The SMILES string of the molecule is O=C(O)CCC(=O)N1[C@H]2CNC[C@@H]1C(C(=O)N(Cc1ccccc1Cl)C1CC1)=C(c1ccc(CCCOc3c(F)ccc(F)c3F)cc1)C2. The molecule has 3 aliphatic rings. The number of nitrogens with zero attached hydrogens (tertiary/aromatic N) is 2. The smallest absolute Gasteiger partial charge is 0.303 e. The van der Waals surface area contributed by atoms with Gasteiger partial charge in [0.05, 0.1) is 19.1 Å². The van der Waals surface area contributed by atoms with E-state index in [2.05, 4.69) is 5.32 Å². The Morgan fingerprint density at radius 2 is 1.69 bits per heavy atom. The number of halogens is 4. The number of benzene rings is 3. The van der Waals surface area contributed by atoms with Crippen molar-refractivity contribution in [2.45, 2.75) is 69.6 Å². The molecule has 0 unspecified atom stereocenters. The van der Waals surface area contributed by atoms with Gasteiger partial charge in [0.15, 0.2) is 17.4 Å². The Morgan fingerprint density at radius 1 is 0.959 bits per heavy atom. The normalized spacial score (nSPS) is 18.7. The van der Waals surface area contributed by atoms with E-state index in [-0.39, 0.29) is 43.3 Å². The summed E-state index contributed by atoms with van der Waals surface area (Å²) in [5, 5.41) is 13.2. The zero-order valence-electron chi connectivity index (χ0n) is 26.8. The molecule has 3 aromatic carbocycles. The third-order valence-electron chi connectivity index (χ3n) is 9.32. The lowest BCUT2D eigenvalue weighted by atomic mass is 9.81. The topological polar surface area (TPSA) is 99.2 Å². The minimum Gasteiger partial charge on any atom is -0.488 e. The maximum absolute atomic E-state index is 14.7. The molecular weight excluding hydrogens is 659 g/mol. The Morgan fingerprint density at radius 3 is 2.41 bits per heavy atom. The standard InChI is InChI=1S/C37H37ClF3N3O5/c38-28-6-2-1-5-24(28)21-43(25-11-12-25)37(48)34-27(18-26-19-42-20-31(34)44(26)32(45)15-16-33(46)47)23-9-7-22(8-10-23)4-3-17-49-36-30(40)14-13-29(39)35(36)41/h1-2,5-10,13-14,25-26,31,42H,3-4,11-12,15-21H2,(H,46,47)/t26-,31-/m1/s1. The van der Waals surface area contributed by atoms with E-state index in [0.717, 1.165) is 41.2 Å². The van der Waals surface area contributed by atoms with Crippen molar-refractivity contribution in [2.24, 2.45) is 0 Å². The summed E-state index contributed by atoms with van der Waals surface area (Å²) in [5.41, 5.74) is 3.97. The van der Waals surface area contributed by atoms with Gasteiger partial charge in [-0.15, -0.1) is 0 Å². The lowest BCUT2D eigenvalue weighted by Gasteiger charge is -2.48. The molecule has 1 aliphatic carbocycles. The molecule has 258 valence electrons. The number of piperazine rings is 1. The van der Waals surface area contributed by atoms with Crippen LogP contribution in [0.15, 0.2) is 66.2 Å². The van der Waals surface area contributed by atoms with Crippen molar-refractivity contribution >= 4 is 35.0 Å². The first-order valence-electron chi connectivity index (χ1n) is 16.5. The molecule has 6 rings (SSSR count). The third kappa shape index (κ3) is 7.78. The van der Waals surface area contributed by atoms with Gasteiger partial charge in [0.2, 0.25) is 11.7 Å². The van der Waals surface area contributed by atoms with Crippen molar-refractivity contribution in [2.75, 3.05) is 19.7 Å². The minimum absolute atomic E-state index is 0.0205. The molecule has 0 spiro atoms. The number of ether oxygens (including phenoxy) is 1. The van der Waals surface area contributed by atoms with Crippen molar-refractivity contribution in [3.63, 3.8) is 0 Å². The van der Waals surface area contributed by atoms with Crippen LogP contribution < -0.4 is 10.1 Å². The van der Waals surface area contributed by atoms with Crippen molar-refractivity contribution < 1.29 is 37.4 Å². The number of aliphatic carboxylic acids is 1. The molecule has 2 fully saturated rings. The molecule has 12 heteroatoms. The predicted octanol–water partition coefficient (Wildman–Crippen LogP) is 6.15. The van der Waals surface area contributed by atoms with Crippen LogP contribution in [0.1, 0.15) is 55.2 Å². The molecule has 8 nitrogen and oxygen atoms in total. The predicted molar refractivity (Wildman–Crippen MR) is 177 cm³/mol. The van der Waals surface area contributed by atoms with Gasteiger partial charge in [-0.05, 0) is 72.6 Å². The summed E-state index contributed by atoms with van der Waals surface area (Å²) >= 11 is 6.51. The van der Waals surface area contributed by atoms with Gasteiger partial charge in [0, 0.05) is 48.7 Å². The largest absolute Gasteiger partial charge is 0.488 e. The van der Waals surface area contributed by atoms with Crippen LogP contribution in [0.3, 0.4) is 0 Å². The number of hydrogen-bond donors (Lipinski definition) is 2. The average molecular weight is 696 g/mol. The maximum atomic E-state index is 14.7. The average Bonchev–Trinajstić information content (AvgIpc) is 3.93. The van der Waals surface area contributed by atoms with Gasteiger partial charge < -0.3 is 25.0 Å². The van der Waals surface area contributed by atoms with E-state index in [1.807, 2.05) is 47.4 Å². The fourth-order valence-corrected chi connectivity index (χ4v) is 6.94. The molecule has 0 radical (unpaired) electrons. The first kappa shape index (κ1) is 34.5. The number of carbonyl (C=O) groups is 3. The van der Waals surface area contributed by atoms with Crippen LogP contribution in [0.5, 0.6) is 5.75 Å². The summed E-state index contributed by atoms with van der Waals surface area (Å²) < 4.78 is 46.6. The van der Waals surface area contributed by atoms with Gasteiger partial charge >= 0.3 is 5.97 Å². The van der Waals surface area contributed by atoms with E-state index in [0.29, 0.717) is 55.6 Å². The fraction of sp³-hybridized carbons (Fsp3) is 0.378. The lowest BCUT2D eigenvalue weighted by Crippen LogP contribution is -2.63. The van der Waals surface area contributed by atoms with Gasteiger partial charge in [0.25, 0.3) is 5.91 Å². The van der Waals surface area contributed by atoms with Crippen LogP contribution in [0.25, 0.3) is 5.57 Å². The van der Waals surface area contributed by atoms with E-state index in [4.69, 9.17) is 16.3 Å². The molecule has 49 heavy (non-hydrogen) atoms. The molecule has 1 saturated carbocycles. The number of aryl methyl sites for hydroxylation is 1. The summed E-state index contributed by atoms with van der Waals surface area (Å²) in [7, 11) is 0. The summed E-state index contributed by atoms with van der Waals surface area (Å²) in [6.45, 7) is 1.17. The zero-order valence-corrected chi connectivity index (χ0v) is 27.5. The molecule has 1 saturated heterocycles. The van der Waals surface area contributed by atoms with Crippen LogP contribution in [0, 0.1) is 17.5 Å². The van der Waals surface area contributed by atoms with Gasteiger partial charge in [-0.2, -0.15) is 4.39 Å². The summed E-state index contributed by atoms with van der Waals surface area (Å²) in [6.07, 6.45) is 2.64. The Bertz CT molecular complexity index is 1760. The quantitative estimate of drug-likeness (QED) is 0.165.